The molecular formula is C13H23NO2S. The Morgan fingerprint density at radius 2 is 2.06 bits per heavy atom. The van der Waals surface area contributed by atoms with Gasteiger partial charge in [0.2, 0.25) is 0 Å². The van der Waals surface area contributed by atoms with E-state index in [4.69, 9.17) is 0 Å². The molecule has 3 nitrogen and oxygen atoms in total. The molecule has 0 radical (unpaired) electrons. The molecular weight excluding hydrogens is 234 g/mol. The van der Waals surface area contributed by atoms with Crippen LogP contribution in [-0.4, -0.2) is 33.7 Å². The van der Waals surface area contributed by atoms with Crippen LogP contribution in [0.4, 0.5) is 0 Å². The van der Waals surface area contributed by atoms with E-state index in [1.54, 1.807) is 0 Å². The smallest absolute Gasteiger partial charge is 0.323 e. The molecule has 0 saturated heterocycles. The molecule has 17 heavy (non-hydrogen) atoms. The van der Waals surface area contributed by atoms with E-state index in [0.29, 0.717) is 5.25 Å². The minimum Gasteiger partial charge on any atom is -0.480 e. The number of likely N-dealkylation sites (N-methyl/N-ethyl adjacent to an activating group) is 1. The van der Waals surface area contributed by atoms with Crippen molar-refractivity contribution in [2.75, 3.05) is 6.54 Å². The van der Waals surface area contributed by atoms with Crippen LogP contribution in [0.1, 0.15) is 51.9 Å². The van der Waals surface area contributed by atoms with Crippen molar-refractivity contribution in [3.8, 4) is 0 Å². The van der Waals surface area contributed by atoms with Gasteiger partial charge in [0.1, 0.15) is 5.54 Å². The molecule has 0 heterocycles. The number of hydrogen-bond acceptors (Lipinski definition) is 3. The fourth-order valence-electron chi connectivity index (χ4n) is 3.18. The van der Waals surface area contributed by atoms with Crippen LogP contribution in [0, 0.1) is 0 Å². The number of carboxylic acid groups (broad SMARTS) is 1. The lowest BCUT2D eigenvalue weighted by molar-refractivity contribution is -0.144. The van der Waals surface area contributed by atoms with Crippen molar-refractivity contribution in [2.45, 2.75) is 67.9 Å². The summed E-state index contributed by atoms with van der Waals surface area (Å²) in [6, 6.07) is 0. The molecule has 0 bridgehead atoms. The Kier molecular flexibility index (Phi) is 4.36. The highest BCUT2D eigenvalue weighted by molar-refractivity contribution is 8.00. The van der Waals surface area contributed by atoms with Gasteiger partial charge >= 0.3 is 5.97 Å². The molecule has 0 spiro atoms. The molecule has 2 atom stereocenters. The fourth-order valence-corrected chi connectivity index (χ4v) is 4.97. The lowest BCUT2D eigenvalue weighted by atomic mass is 9.98. The second-order valence-electron chi connectivity index (χ2n) is 5.32. The molecule has 2 rings (SSSR count). The molecule has 98 valence electrons. The summed E-state index contributed by atoms with van der Waals surface area (Å²) in [5, 5.41) is 13.9. The number of rotatable bonds is 5. The van der Waals surface area contributed by atoms with Crippen molar-refractivity contribution >= 4 is 17.7 Å². The maximum Gasteiger partial charge on any atom is 0.323 e. The van der Waals surface area contributed by atoms with Gasteiger partial charge in [-0.25, -0.2) is 0 Å². The fraction of sp³-hybridized carbons (Fsp3) is 0.923. The minimum atomic E-state index is -0.658. The Bertz CT molecular complexity index is 279. The third-order valence-corrected chi connectivity index (χ3v) is 5.72. The van der Waals surface area contributed by atoms with Crippen molar-refractivity contribution in [3.63, 3.8) is 0 Å². The van der Waals surface area contributed by atoms with E-state index in [-0.39, 0.29) is 0 Å². The molecule has 0 aromatic heterocycles. The number of carboxylic acids is 1. The van der Waals surface area contributed by atoms with E-state index in [0.717, 1.165) is 31.1 Å². The lowest BCUT2D eigenvalue weighted by Gasteiger charge is -2.25. The lowest BCUT2D eigenvalue weighted by Crippen LogP contribution is -2.50. The third-order valence-electron chi connectivity index (χ3n) is 4.08. The van der Waals surface area contributed by atoms with Crippen molar-refractivity contribution in [3.05, 3.63) is 0 Å². The molecule has 0 amide bonds. The summed E-state index contributed by atoms with van der Waals surface area (Å²) in [6.07, 6.45) is 8.05. The van der Waals surface area contributed by atoms with Gasteiger partial charge in [-0.15, -0.1) is 0 Å². The van der Waals surface area contributed by atoms with Gasteiger partial charge in [0.05, 0.1) is 0 Å². The second-order valence-corrected chi connectivity index (χ2v) is 6.93. The summed E-state index contributed by atoms with van der Waals surface area (Å²) in [5.74, 6) is -0.658. The Labute approximate surface area is 108 Å². The van der Waals surface area contributed by atoms with E-state index < -0.39 is 11.5 Å². The van der Waals surface area contributed by atoms with Crippen molar-refractivity contribution < 1.29 is 9.90 Å². The number of nitrogens with one attached hydrogen (secondary N) is 1. The molecule has 2 fully saturated rings. The summed E-state index contributed by atoms with van der Waals surface area (Å²) < 4.78 is 0. The summed E-state index contributed by atoms with van der Waals surface area (Å²) >= 11 is 2.06. The topological polar surface area (TPSA) is 49.3 Å². The van der Waals surface area contributed by atoms with Gasteiger partial charge in [0.25, 0.3) is 0 Å². The highest BCUT2D eigenvalue weighted by Gasteiger charge is 2.45. The van der Waals surface area contributed by atoms with Gasteiger partial charge in [-0.2, -0.15) is 11.8 Å². The highest BCUT2D eigenvalue weighted by Crippen LogP contribution is 2.42. The van der Waals surface area contributed by atoms with Gasteiger partial charge in [-0.1, -0.05) is 19.8 Å². The summed E-state index contributed by atoms with van der Waals surface area (Å²) in [4.78, 5) is 11.4. The van der Waals surface area contributed by atoms with E-state index >= 15 is 0 Å². The maximum absolute atomic E-state index is 11.4. The molecule has 0 aromatic rings. The molecule has 2 aliphatic rings. The molecule has 0 aromatic carbocycles. The third kappa shape index (κ3) is 2.97. The second kappa shape index (κ2) is 5.61. The predicted octanol–water partition coefficient (Wildman–Crippen LogP) is 2.65. The first-order valence-electron chi connectivity index (χ1n) is 6.80. The van der Waals surface area contributed by atoms with Crippen LogP contribution in [0.3, 0.4) is 0 Å². The van der Waals surface area contributed by atoms with Crippen LogP contribution in [0.5, 0.6) is 0 Å². The van der Waals surface area contributed by atoms with Gasteiger partial charge in [-0.05, 0) is 38.6 Å². The van der Waals surface area contributed by atoms with E-state index in [2.05, 4.69) is 17.1 Å². The van der Waals surface area contributed by atoms with Crippen molar-refractivity contribution in [1.29, 1.82) is 0 Å². The van der Waals surface area contributed by atoms with Gasteiger partial charge in [0.15, 0.2) is 0 Å². The molecule has 2 unspecified atom stereocenters. The standard InChI is InChI=1S/C13H23NO2S/c1-2-14-13(12(15)16)8-7-11(9-13)17-10-5-3-4-6-10/h10-11,14H,2-9H2,1H3,(H,15,16). The molecule has 4 heteroatoms. The quantitative estimate of drug-likeness (QED) is 0.795. The first-order chi connectivity index (χ1) is 8.16. The predicted molar refractivity (Wildman–Crippen MR) is 71.5 cm³/mol. The maximum atomic E-state index is 11.4. The average molecular weight is 257 g/mol. The summed E-state index contributed by atoms with van der Waals surface area (Å²) in [6.45, 7) is 2.73. The number of thioether (sulfide) groups is 1. The zero-order valence-corrected chi connectivity index (χ0v) is 11.4. The van der Waals surface area contributed by atoms with Crippen LogP contribution in [-0.2, 0) is 4.79 Å². The van der Waals surface area contributed by atoms with Gasteiger partial charge < -0.3 is 10.4 Å². The Balaban J connectivity index is 1.89. The average Bonchev–Trinajstić information content (AvgIpc) is 2.90. The zero-order valence-electron chi connectivity index (χ0n) is 10.6. The van der Waals surface area contributed by atoms with Crippen LogP contribution in [0.2, 0.25) is 0 Å². The van der Waals surface area contributed by atoms with Crippen LogP contribution >= 0.6 is 11.8 Å². The van der Waals surface area contributed by atoms with Crippen LogP contribution in [0.25, 0.3) is 0 Å². The number of hydrogen-bond donors (Lipinski definition) is 2. The molecule has 0 aliphatic heterocycles. The Morgan fingerprint density at radius 3 is 2.65 bits per heavy atom. The van der Waals surface area contributed by atoms with Crippen molar-refractivity contribution in [2.24, 2.45) is 0 Å². The largest absolute Gasteiger partial charge is 0.480 e. The van der Waals surface area contributed by atoms with Crippen LogP contribution in [0.15, 0.2) is 0 Å². The first kappa shape index (κ1) is 13.2. The normalized spacial score (nSPS) is 34.3. The first-order valence-corrected chi connectivity index (χ1v) is 7.74. The Hall–Kier alpha value is -0.220. The monoisotopic (exact) mass is 257 g/mol. The van der Waals surface area contributed by atoms with E-state index in [1.165, 1.54) is 25.7 Å². The molecule has 2 N–H and O–H groups in total. The van der Waals surface area contributed by atoms with Crippen LogP contribution < -0.4 is 5.32 Å². The number of carbonyl (C=O) groups is 1. The highest BCUT2D eigenvalue weighted by atomic mass is 32.2. The van der Waals surface area contributed by atoms with E-state index in [1.807, 2.05) is 6.92 Å². The minimum absolute atomic E-state index is 0.549. The van der Waals surface area contributed by atoms with Gasteiger partial charge in [0, 0.05) is 10.5 Å². The zero-order chi connectivity index (χ0) is 12.3. The molecule has 2 saturated carbocycles. The Morgan fingerprint density at radius 1 is 1.35 bits per heavy atom. The summed E-state index contributed by atoms with van der Waals surface area (Å²) in [5.41, 5.74) is -0.634. The van der Waals surface area contributed by atoms with Gasteiger partial charge in [-0.3, -0.25) is 4.79 Å². The SMILES string of the molecule is CCNC1(C(=O)O)CCC(SC2CCCC2)C1. The van der Waals surface area contributed by atoms with E-state index in [9.17, 15) is 9.90 Å². The summed E-state index contributed by atoms with van der Waals surface area (Å²) in [7, 11) is 0. The molecule has 2 aliphatic carbocycles. The van der Waals surface area contributed by atoms with Crippen molar-refractivity contribution in [1.82, 2.24) is 5.32 Å². The number of aliphatic carboxylic acids is 1.